The summed E-state index contributed by atoms with van der Waals surface area (Å²) < 4.78 is 11.0. The summed E-state index contributed by atoms with van der Waals surface area (Å²) in [6.07, 6.45) is 12.0. The molecule has 3 atom stereocenters. The van der Waals surface area contributed by atoms with Crippen molar-refractivity contribution in [3.8, 4) is 0 Å². The zero-order valence-corrected chi connectivity index (χ0v) is 20.2. The molecule has 0 heterocycles. The molecule has 0 aromatic rings. The first kappa shape index (κ1) is 29.8. The summed E-state index contributed by atoms with van der Waals surface area (Å²) in [4.78, 5) is 0. The van der Waals surface area contributed by atoms with E-state index in [0.717, 1.165) is 25.9 Å². The smallest absolute Gasteiger partial charge is 0.0701 e. The van der Waals surface area contributed by atoms with Crippen LogP contribution in [0.15, 0.2) is 0 Å². The highest BCUT2D eigenvalue weighted by molar-refractivity contribution is 4.67. The molecule has 182 valence electrons. The maximum Gasteiger partial charge on any atom is 0.0701 e. The van der Waals surface area contributed by atoms with Crippen molar-refractivity contribution in [2.24, 2.45) is 5.92 Å². The van der Waals surface area contributed by atoms with E-state index >= 15 is 0 Å². The first-order valence-electron chi connectivity index (χ1n) is 12.5. The van der Waals surface area contributed by atoms with Crippen LogP contribution in [0.2, 0.25) is 0 Å². The van der Waals surface area contributed by atoms with Gasteiger partial charge in [-0.15, -0.1) is 0 Å². The van der Waals surface area contributed by atoms with Gasteiger partial charge in [0.15, 0.2) is 0 Å². The van der Waals surface area contributed by atoms with Crippen LogP contribution in [-0.4, -0.2) is 75.0 Å². The summed E-state index contributed by atoms with van der Waals surface area (Å²) in [5, 5.41) is 26.1. The third-order valence-electron chi connectivity index (χ3n) is 5.59. The van der Waals surface area contributed by atoms with Gasteiger partial charge in [-0.3, -0.25) is 0 Å². The number of aliphatic hydroxyl groups excluding tert-OH is 2. The lowest BCUT2D eigenvalue weighted by Gasteiger charge is -2.19. The number of ether oxygens (including phenoxy) is 2. The average Bonchev–Trinajstić information content (AvgIpc) is 2.75. The molecule has 0 aliphatic rings. The standard InChI is InChI=1S/C24H52N2O4/c1-4-6-7-8-9-10-11-12-13-22(3)24(28)21-26-15-17-30-19-18-29-16-14-25-20-23(27)5-2/h22-28H,4-21H2,1-3H3. The zero-order chi connectivity index (χ0) is 22.3. The van der Waals surface area contributed by atoms with Gasteiger partial charge < -0.3 is 30.3 Å². The molecule has 6 nitrogen and oxygen atoms in total. The van der Waals surface area contributed by atoms with E-state index in [1.54, 1.807) is 0 Å². The van der Waals surface area contributed by atoms with Gasteiger partial charge in [-0.05, 0) is 18.8 Å². The first-order valence-corrected chi connectivity index (χ1v) is 12.5. The van der Waals surface area contributed by atoms with Gasteiger partial charge in [-0.2, -0.15) is 0 Å². The molecule has 0 bridgehead atoms. The molecule has 0 aliphatic heterocycles. The Balaban J connectivity index is 3.31. The van der Waals surface area contributed by atoms with Crippen LogP contribution in [0.1, 0.15) is 85.0 Å². The Morgan fingerprint density at radius 3 is 1.80 bits per heavy atom. The van der Waals surface area contributed by atoms with Gasteiger partial charge in [-0.1, -0.05) is 72.1 Å². The monoisotopic (exact) mass is 432 g/mol. The lowest BCUT2D eigenvalue weighted by molar-refractivity contribution is 0.0470. The summed E-state index contributed by atoms with van der Waals surface area (Å²) in [7, 11) is 0. The van der Waals surface area contributed by atoms with Gasteiger partial charge in [0.2, 0.25) is 0 Å². The zero-order valence-electron chi connectivity index (χ0n) is 20.2. The van der Waals surface area contributed by atoms with Crippen LogP contribution in [0, 0.1) is 5.92 Å². The fourth-order valence-electron chi connectivity index (χ4n) is 3.27. The number of unbranched alkanes of at least 4 members (excludes halogenated alkanes) is 7. The molecule has 0 rings (SSSR count). The Hall–Kier alpha value is -0.240. The normalized spacial score (nSPS) is 14.7. The SMILES string of the molecule is CCCCCCCCCCC(C)C(O)CNCCOCCOCCNCC(O)CC. The quantitative estimate of drug-likeness (QED) is 0.175. The van der Waals surface area contributed by atoms with Crippen molar-refractivity contribution < 1.29 is 19.7 Å². The minimum Gasteiger partial charge on any atom is -0.392 e. The second-order valence-electron chi connectivity index (χ2n) is 8.50. The van der Waals surface area contributed by atoms with E-state index in [1.165, 1.54) is 51.4 Å². The molecule has 0 spiro atoms. The minimum absolute atomic E-state index is 0.271. The molecular formula is C24H52N2O4. The van der Waals surface area contributed by atoms with Gasteiger partial charge in [0.05, 0.1) is 38.6 Å². The molecule has 0 saturated carbocycles. The molecule has 0 amide bonds. The van der Waals surface area contributed by atoms with Gasteiger partial charge >= 0.3 is 0 Å². The van der Waals surface area contributed by atoms with E-state index in [2.05, 4.69) is 24.5 Å². The van der Waals surface area contributed by atoms with E-state index < -0.39 is 0 Å². The number of hydrogen-bond acceptors (Lipinski definition) is 6. The Labute approximate surface area is 186 Å². The van der Waals surface area contributed by atoms with Crippen molar-refractivity contribution in [1.29, 1.82) is 0 Å². The Morgan fingerprint density at radius 1 is 0.700 bits per heavy atom. The van der Waals surface area contributed by atoms with Crippen LogP contribution in [-0.2, 0) is 9.47 Å². The van der Waals surface area contributed by atoms with Crippen molar-refractivity contribution >= 4 is 0 Å². The van der Waals surface area contributed by atoms with Gasteiger partial charge in [0, 0.05) is 26.2 Å². The van der Waals surface area contributed by atoms with Gasteiger partial charge in [0.1, 0.15) is 0 Å². The average molecular weight is 433 g/mol. The number of rotatable bonds is 24. The number of aliphatic hydroxyl groups is 2. The topological polar surface area (TPSA) is 83.0 Å². The maximum atomic E-state index is 10.3. The first-order chi connectivity index (χ1) is 14.6. The minimum atomic E-state index is -0.281. The molecule has 6 heteroatoms. The second kappa shape index (κ2) is 23.4. The lowest BCUT2D eigenvalue weighted by Crippen LogP contribution is -2.33. The van der Waals surface area contributed by atoms with Gasteiger partial charge in [-0.25, -0.2) is 0 Å². The predicted octanol–water partition coefficient (Wildman–Crippen LogP) is 3.50. The third kappa shape index (κ3) is 21.0. The van der Waals surface area contributed by atoms with Crippen molar-refractivity contribution in [2.75, 3.05) is 52.6 Å². The third-order valence-corrected chi connectivity index (χ3v) is 5.59. The van der Waals surface area contributed by atoms with Crippen molar-refractivity contribution in [3.63, 3.8) is 0 Å². The van der Waals surface area contributed by atoms with Crippen LogP contribution < -0.4 is 10.6 Å². The molecule has 0 aromatic heterocycles. The number of nitrogens with one attached hydrogen (secondary N) is 2. The number of hydrogen-bond donors (Lipinski definition) is 4. The summed E-state index contributed by atoms with van der Waals surface area (Å²) >= 11 is 0. The van der Waals surface area contributed by atoms with Crippen LogP contribution in [0.25, 0.3) is 0 Å². The Kier molecular flexibility index (Phi) is 23.2. The van der Waals surface area contributed by atoms with E-state index in [-0.39, 0.29) is 12.2 Å². The predicted molar refractivity (Wildman–Crippen MR) is 126 cm³/mol. The summed E-state index contributed by atoms with van der Waals surface area (Å²) in [5.41, 5.74) is 0. The highest BCUT2D eigenvalue weighted by atomic mass is 16.5. The molecule has 0 aromatic carbocycles. The van der Waals surface area contributed by atoms with Crippen LogP contribution in [0.4, 0.5) is 0 Å². The van der Waals surface area contributed by atoms with Gasteiger partial charge in [0.25, 0.3) is 0 Å². The van der Waals surface area contributed by atoms with Crippen LogP contribution in [0.5, 0.6) is 0 Å². The highest BCUT2D eigenvalue weighted by Crippen LogP contribution is 2.15. The highest BCUT2D eigenvalue weighted by Gasteiger charge is 2.13. The molecule has 0 aliphatic carbocycles. The Bertz CT molecular complexity index is 334. The molecule has 3 unspecified atom stereocenters. The Morgan fingerprint density at radius 2 is 1.23 bits per heavy atom. The molecule has 4 N–H and O–H groups in total. The van der Waals surface area contributed by atoms with E-state index in [9.17, 15) is 10.2 Å². The van der Waals surface area contributed by atoms with E-state index in [0.29, 0.717) is 45.4 Å². The van der Waals surface area contributed by atoms with Crippen LogP contribution in [0.3, 0.4) is 0 Å². The molecule has 0 radical (unpaired) electrons. The maximum absolute atomic E-state index is 10.3. The molecule has 30 heavy (non-hydrogen) atoms. The fourth-order valence-corrected chi connectivity index (χ4v) is 3.27. The summed E-state index contributed by atoms with van der Waals surface area (Å²) in [6.45, 7) is 11.5. The van der Waals surface area contributed by atoms with Crippen molar-refractivity contribution in [2.45, 2.75) is 97.2 Å². The van der Waals surface area contributed by atoms with Crippen molar-refractivity contribution in [1.82, 2.24) is 10.6 Å². The van der Waals surface area contributed by atoms with E-state index in [1.807, 2.05) is 6.92 Å². The van der Waals surface area contributed by atoms with Crippen molar-refractivity contribution in [3.05, 3.63) is 0 Å². The second-order valence-corrected chi connectivity index (χ2v) is 8.50. The summed E-state index contributed by atoms with van der Waals surface area (Å²) in [6, 6.07) is 0. The summed E-state index contributed by atoms with van der Waals surface area (Å²) in [5.74, 6) is 0.346. The van der Waals surface area contributed by atoms with E-state index in [4.69, 9.17) is 9.47 Å². The lowest BCUT2D eigenvalue weighted by atomic mass is 9.96. The molecular weight excluding hydrogens is 380 g/mol. The molecule has 0 fully saturated rings. The largest absolute Gasteiger partial charge is 0.392 e. The molecule has 0 saturated heterocycles. The van der Waals surface area contributed by atoms with Crippen LogP contribution >= 0.6 is 0 Å². The fraction of sp³-hybridized carbons (Fsp3) is 1.00.